The van der Waals surface area contributed by atoms with Crippen LogP contribution in [-0.2, 0) is 4.79 Å². The number of methoxy groups -OCH3 is 2. The van der Waals surface area contributed by atoms with Crippen molar-refractivity contribution in [1.29, 1.82) is 0 Å². The van der Waals surface area contributed by atoms with Gasteiger partial charge in [-0.15, -0.1) is 5.10 Å². The van der Waals surface area contributed by atoms with Crippen LogP contribution in [0.1, 0.15) is 16.4 Å². The highest BCUT2D eigenvalue weighted by Crippen LogP contribution is 2.37. The zero-order chi connectivity index (χ0) is 23.2. The van der Waals surface area contributed by atoms with E-state index in [1.165, 1.54) is 11.8 Å². The molecule has 1 amide bonds. The van der Waals surface area contributed by atoms with Crippen LogP contribution in [0, 0.1) is 6.92 Å². The van der Waals surface area contributed by atoms with Crippen molar-refractivity contribution in [3.8, 4) is 22.9 Å². The van der Waals surface area contributed by atoms with Gasteiger partial charge in [-0.2, -0.15) is 0 Å². The van der Waals surface area contributed by atoms with Gasteiger partial charge in [0.05, 0.1) is 19.8 Å². The van der Waals surface area contributed by atoms with Gasteiger partial charge in [0, 0.05) is 11.8 Å². The lowest BCUT2D eigenvalue weighted by Gasteiger charge is -2.15. The molecule has 8 heteroatoms. The van der Waals surface area contributed by atoms with Crippen LogP contribution < -0.4 is 14.8 Å². The van der Waals surface area contributed by atoms with E-state index in [1.807, 2.05) is 73.7 Å². The van der Waals surface area contributed by atoms with Crippen LogP contribution in [0.4, 0.5) is 5.69 Å². The van der Waals surface area contributed by atoms with E-state index in [-0.39, 0.29) is 5.91 Å². The van der Waals surface area contributed by atoms with Gasteiger partial charge < -0.3 is 14.8 Å². The summed E-state index contributed by atoms with van der Waals surface area (Å²) in [5.41, 5.74) is 3.48. The number of benzene rings is 3. The Kier molecular flexibility index (Phi) is 6.95. The van der Waals surface area contributed by atoms with E-state index in [0.717, 1.165) is 22.4 Å². The summed E-state index contributed by atoms with van der Waals surface area (Å²) in [7, 11) is 3.19. The lowest BCUT2D eigenvalue weighted by molar-refractivity contribution is -0.115. The fourth-order valence-electron chi connectivity index (χ4n) is 3.26. The van der Waals surface area contributed by atoms with Gasteiger partial charge in [0.15, 0.2) is 5.82 Å². The number of amides is 1. The second-order valence-electron chi connectivity index (χ2n) is 7.30. The van der Waals surface area contributed by atoms with E-state index in [4.69, 9.17) is 9.47 Å². The number of hydrogen-bond acceptors (Lipinski definition) is 6. The Balaban J connectivity index is 1.59. The van der Waals surface area contributed by atoms with Crippen molar-refractivity contribution in [2.24, 2.45) is 0 Å². The quantitative estimate of drug-likeness (QED) is 0.348. The summed E-state index contributed by atoms with van der Waals surface area (Å²) in [6.07, 6.45) is 0. The molecule has 1 atom stereocenters. The molecule has 1 aromatic heterocycles. The summed E-state index contributed by atoms with van der Waals surface area (Å²) in [5.74, 6) is 1.69. The van der Waals surface area contributed by atoms with Gasteiger partial charge in [0.1, 0.15) is 16.7 Å². The van der Waals surface area contributed by atoms with Crippen molar-refractivity contribution < 1.29 is 14.3 Å². The molecule has 0 aliphatic carbocycles. The number of carbonyl (C=O) groups excluding carboxylic acids is 1. The molecular weight excluding hydrogens is 436 g/mol. The van der Waals surface area contributed by atoms with Crippen LogP contribution in [0.3, 0.4) is 0 Å². The summed E-state index contributed by atoms with van der Waals surface area (Å²) in [6, 6.07) is 22.8. The minimum Gasteiger partial charge on any atom is -0.497 e. The second kappa shape index (κ2) is 10.2. The number of ether oxygens (including phenoxy) is 2. The van der Waals surface area contributed by atoms with Crippen molar-refractivity contribution >= 4 is 23.4 Å². The Morgan fingerprint density at radius 1 is 1.00 bits per heavy atom. The number of nitrogens with zero attached hydrogens (tertiary/aromatic N) is 2. The van der Waals surface area contributed by atoms with Gasteiger partial charge in [-0.05, 0) is 36.8 Å². The molecule has 1 unspecified atom stereocenters. The number of carbonyl (C=O) groups is 1. The van der Waals surface area contributed by atoms with Gasteiger partial charge >= 0.3 is 0 Å². The number of nitrogens with one attached hydrogen (secondary N) is 2. The Labute approximate surface area is 196 Å². The van der Waals surface area contributed by atoms with Crippen molar-refractivity contribution in [2.75, 3.05) is 19.5 Å². The summed E-state index contributed by atoms with van der Waals surface area (Å²) in [5, 5.41) is 10.2. The average molecular weight is 461 g/mol. The molecule has 7 nitrogen and oxygen atoms in total. The third kappa shape index (κ3) is 5.35. The topological polar surface area (TPSA) is 89.1 Å². The van der Waals surface area contributed by atoms with Gasteiger partial charge in [-0.3, -0.25) is 9.89 Å². The molecule has 1 heterocycles. The maximum Gasteiger partial charge on any atom is 0.242 e. The molecule has 33 heavy (non-hydrogen) atoms. The largest absolute Gasteiger partial charge is 0.497 e. The number of H-pyrrole nitrogens is 1. The molecule has 3 aromatic carbocycles. The number of thioether (sulfide) groups is 1. The smallest absolute Gasteiger partial charge is 0.242 e. The normalized spacial score (nSPS) is 11.6. The van der Waals surface area contributed by atoms with Crippen LogP contribution in [0.15, 0.2) is 78.0 Å². The highest BCUT2D eigenvalue weighted by atomic mass is 32.2. The first-order chi connectivity index (χ1) is 16.1. The molecule has 4 rings (SSSR count). The predicted octanol–water partition coefficient (Wildman–Crippen LogP) is 5.27. The third-order valence-corrected chi connectivity index (χ3v) is 6.13. The van der Waals surface area contributed by atoms with Crippen molar-refractivity contribution in [2.45, 2.75) is 17.3 Å². The minimum atomic E-state index is -0.533. The molecule has 4 aromatic rings. The molecule has 0 bridgehead atoms. The third-order valence-electron chi connectivity index (χ3n) is 5.01. The minimum absolute atomic E-state index is 0.150. The first kappa shape index (κ1) is 22.4. The second-order valence-corrected chi connectivity index (χ2v) is 8.37. The van der Waals surface area contributed by atoms with Crippen LogP contribution in [0.25, 0.3) is 11.4 Å². The SMILES string of the molecule is COc1ccc(-c2nc(SC(C(=O)Nc3ccc(C)cc3)c3ccccc3)n[nH]2)c(OC)c1. The molecular formula is C25H24N4O3S. The summed E-state index contributed by atoms with van der Waals surface area (Å²) in [4.78, 5) is 17.8. The van der Waals surface area contributed by atoms with E-state index >= 15 is 0 Å². The monoisotopic (exact) mass is 460 g/mol. The summed E-state index contributed by atoms with van der Waals surface area (Å²) in [6.45, 7) is 2.01. The van der Waals surface area contributed by atoms with Gasteiger partial charge in [0.2, 0.25) is 11.1 Å². The van der Waals surface area contributed by atoms with E-state index in [1.54, 1.807) is 20.3 Å². The lowest BCUT2D eigenvalue weighted by Crippen LogP contribution is -2.19. The maximum atomic E-state index is 13.2. The van der Waals surface area contributed by atoms with Gasteiger partial charge in [0.25, 0.3) is 0 Å². The molecule has 0 radical (unpaired) electrons. The van der Waals surface area contributed by atoms with E-state index < -0.39 is 5.25 Å². The first-order valence-corrected chi connectivity index (χ1v) is 11.2. The highest BCUT2D eigenvalue weighted by Gasteiger charge is 2.25. The number of aryl methyl sites for hydroxylation is 1. The Morgan fingerprint density at radius 2 is 1.76 bits per heavy atom. The van der Waals surface area contributed by atoms with Crippen molar-refractivity contribution in [3.63, 3.8) is 0 Å². The maximum absolute atomic E-state index is 13.2. The molecule has 168 valence electrons. The molecule has 2 N–H and O–H groups in total. The molecule has 0 spiro atoms. The van der Waals surface area contributed by atoms with Crippen molar-refractivity contribution in [1.82, 2.24) is 15.2 Å². The van der Waals surface area contributed by atoms with Crippen LogP contribution in [-0.4, -0.2) is 35.3 Å². The van der Waals surface area contributed by atoms with E-state index in [0.29, 0.717) is 22.5 Å². The fraction of sp³-hybridized carbons (Fsp3) is 0.160. The Hall–Kier alpha value is -3.78. The number of hydrogen-bond donors (Lipinski definition) is 2. The number of rotatable bonds is 8. The Bertz CT molecular complexity index is 1230. The number of aromatic amines is 1. The standard InChI is InChI=1S/C25H24N4O3S/c1-16-9-11-18(12-10-16)26-24(30)22(17-7-5-4-6-8-17)33-25-27-23(28-29-25)20-14-13-19(31-2)15-21(20)32-3/h4-15,22H,1-3H3,(H,26,30)(H,27,28,29). The van der Waals surface area contributed by atoms with Crippen LogP contribution in [0.2, 0.25) is 0 Å². The fourth-order valence-corrected chi connectivity index (χ4v) is 4.18. The zero-order valence-electron chi connectivity index (χ0n) is 18.5. The molecule has 0 saturated carbocycles. The zero-order valence-corrected chi connectivity index (χ0v) is 19.3. The summed E-state index contributed by atoms with van der Waals surface area (Å²) < 4.78 is 10.7. The molecule has 0 saturated heterocycles. The van der Waals surface area contributed by atoms with Gasteiger partial charge in [-0.1, -0.05) is 59.8 Å². The lowest BCUT2D eigenvalue weighted by atomic mass is 10.1. The van der Waals surface area contributed by atoms with Crippen molar-refractivity contribution in [3.05, 3.63) is 83.9 Å². The first-order valence-electron chi connectivity index (χ1n) is 10.3. The van der Waals surface area contributed by atoms with Crippen LogP contribution in [0.5, 0.6) is 11.5 Å². The Morgan fingerprint density at radius 3 is 2.45 bits per heavy atom. The number of aromatic nitrogens is 3. The average Bonchev–Trinajstić information content (AvgIpc) is 3.32. The van der Waals surface area contributed by atoms with Crippen LogP contribution >= 0.6 is 11.8 Å². The molecule has 0 aliphatic heterocycles. The molecule has 0 aliphatic rings. The predicted molar refractivity (Wildman–Crippen MR) is 130 cm³/mol. The van der Waals surface area contributed by atoms with E-state index in [2.05, 4.69) is 20.5 Å². The summed E-state index contributed by atoms with van der Waals surface area (Å²) >= 11 is 1.28. The number of anilines is 1. The highest BCUT2D eigenvalue weighted by molar-refractivity contribution is 8.00. The van der Waals surface area contributed by atoms with E-state index in [9.17, 15) is 4.79 Å². The molecule has 0 fully saturated rings. The van der Waals surface area contributed by atoms with Gasteiger partial charge in [-0.25, -0.2) is 4.98 Å².